The second-order valence-electron chi connectivity index (χ2n) is 11.1. The average Bonchev–Trinajstić information content (AvgIpc) is 3.60. The highest BCUT2D eigenvalue weighted by Crippen LogP contribution is 2.37. The molecular weight excluding hydrogens is 610 g/mol. The van der Waals surface area contributed by atoms with Crippen LogP contribution in [0.15, 0.2) is 46.9 Å². The molecule has 1 aliphatic heterocycles. The van der Waals surface area contributed by atoms with Crippen molar-refractivity contribution in [3.05, 3.63) is 59.5 Å². The Morgan fingerprint density at radius 1 is 1.11 bits per heavy atom. The first kappa shape index (κ1) is 32.5. The number of nitrogens with two attached hydrogens (primary N) is 1. The van der Waals surface area contributed by atoms with E-state index in [0.29, 0.717) is 30.3 Å². The highest BCUT2D eigenvalue weighted by Gasteiger charge is 2.39. The monoisotopic (exact) mass is 644 g/mol. The maximum atomic E-state index is 14.0. The predicted octanol–water partition coefficient (Wildman–Crippen LogP) is 4.47. The van der Waals surface area contributed by atoms with Gasteiger partial charge in [0.1, 0.15) is 12.4 Å². The number of rotatable bonds is 13. The number of nitrogens with one attached hydrogen (secondary N) is 1. The summed E-state index contributed by atoms with van der Waals surface area (Å²) in [6.07, 6.45) is 1.63. The zero-order chi connectivity index (χ0) is 33.0. The van der Waals surface area contributed by atoms with E-state index in [1.807, 2.05) is 0 Å². The zero-order valence-corrected chi connectivity index (χ0v) is 25.1. The minimum atomic E-state index is -3.05. The first-order chi connectivity index (χ1) is 22.0. The fourth-order valence-corrected chi connectivity index (χ4v) is 5.03. The molecule has 5 rings (SSSR count). The highest BCUT2D eigenvalue weighted by molar-refractivity contribution is 5.94. The van der Waals surface area contributed by atoms with E-state index in [1.54, 1.807) is 6.92 Å². The number of oxazole rings is 1. The number of carboxylic acids is 1. The van der Waals surface area contributed by atoms with E-state index in [1.165, 1.54) is 54.5 Å². The maximum Gasteiger partial charge on any atom is 0.407 e. The molecule has 2 aromatic carbocycles. The van der Waals surface area contributed by atoms with Crippen LogP contribution in [0, 0.1) is 5.92 Å². The number of carbonyl (C=O) groups excluding carboxylic acids is 2. The third-order valence-corrected chi connectivity index (χ3v) is 7.57. The highest BCUT2D eigenvalue weighted by atomic mass is 19.3. The third-order valence-electron chi connectivity index (χ3n) is 7.57. The van der Waals surface area contributed by atoms with E-state index < -0.39 is 42.7 Å². The van der Waals surface area contributed by atoms with E-state index in [0.717, 1.165) is 12.8 Å². The molecule has 0 unspecified atom stereocenters. The number of benzene rings is 2. The fraction of sp³-hybridized carbons (Fsp3) is 0.419. The smallest absolute Gasteiger partial charge is 0.407 e. The number of likely N-dealkylation sites (tertiary alicyclic amines) is 1. The summed E-state index contributed by atoms with van der Waals surface area (Å²) in [6.45, 7) is -0.976. The van der Waals surface area contributed by atoms with E-state index in [9.17, 15) is 23.2 Å². The van der Waals surface area contributed by atoms with Crippen LogP contribution in [0.4, 0.5) is 13.6 Å². The van der Waals surface area contributed by atoms with Crippen LogP contribution >= 0.6 is 0 Å². The number of carbonyl (C=O) groups is 3. The lowest BCUT2D eigenvalue weighted by Crippen LogP contribution is -2.41. The Morgan fingerprint density at radius 3 is 2.48 bits per heavy atom. The number of alkyl halides is 2. The summed E-state index contributed by atoms with van der Waals surface area (Å²) in [4.78, 5) is 43.2. The van der Waals surface area contributed by atoms with Crippen LogP contribution in [0.2, 0.25) is 0 Å². The molecule has 0 radical (unpaired) electrons. The predicted molar refractivity (Wildman–Crippen MR) is 157 cm³/mol. The van der Waals surface area contributed by atoms with Crippen molar-refractivity contribution in [2.75, 3.05) is 26.9 Å². The van der Waals surface area contributed by atoms with Gasteiger partial charge in [-0.2, -0.15) is 8.78 Å². The number of aromatic nitrogens is 1. The molecule has 46 heavy (non-hydrogen) atoms. The standard InChI is InChI=1S/C31H34F2N4O9/c1-16(34)26-25(36-27(46-26)19-7-10-23(45-30(32)33)24(11-19)44-14-17-3-4-17)28(38)37-13-20(35-31(41)42-2)12-21(37)15-43-22-8-5-18(6-9-22)29(39)40/h5-11,16-17,20-21,30H,3-4,12-15,34H2,1-2H3,(H,35,41)(H,39,40)/t16-,20+,21-/m0/s1. The van der Waals surface area contributed by atoms with E-state index >= 15 is 0 Å². The molecule has 3 aromatic rings. The first-order valence-corrected chi connectivity index (χ1v) is 14.6. The summed E-state index contributed by atoms with van der Waals surface area (Å²) >= 11 is 0. The minimum absolute atomic E-state index is 0.0169. The molecule has 1 saturated carbocycles. The van der Waals surface area contributed by atoms with Crippen molar-refractivity contribution in [2.45, 2.75) is 50.9 Å². The number of methoxy groups -OCH3 is 1. The van der Waals surface area contributed by atoms with Crippen molar-refractivity contribution < 1.29 is 51.6 Å². The van der Waals surface area contributed by atoms with Crippen LogP contribution in [0.25, 0.3) is 11.5 Å². The van der Waals surface area contributed by atoms with Gasteiger partial charge < -0.3 is 44.4 Å². The van der Waals surface area contributed by atoms with Crippen LogP contribution in [0.1, 0.15) is 58.8 Å². The summed E-state index contributed by atoms with van der Waals surface area (Å²) in [5.74, 6) is -0.814. The number of carboxylic acid groups (broad SMARTS) is 1. The van der Waals surface area contributed by atoms with E-state index in [4.69, 9.17) is 29.5 Å². The van der Waals surface area contributed by atoms with Crippen LogP contribution in [0.5, 0.6) is 17.2 Å². The second kappa shape index (κ2) is 14.0. The lowest BCUT2D eigenvalue weighted by atomic mass is 10.1. The molecule has 4 N–H and O–H groups in total. The molecule has 1 aliphatic carbocycles. The number of hydrogen-bond donors (Lipinski definition) is 3. The molecule has 1 saturated heterocycles. The molecule has 15 heteroatoms. The molecule has 0 spiro atoms. The molecular formula is C31H34F2N4O9. The van der Waals surface area contributed by atoms with Crippen LogP contribution < -0.4 is 25.3 Å². The van der Waals surface area contributed by atoms with Gasteiger partial charge in [-0.25, -0.2) is 14.6 Å². The largest absolute Gasteiger partial charge is 0.491 e. The normalized spacial score (nSPS) is 18.3. The van der Waals surface area contributed by atoms with Gasteiger partial charge in [0.15, 0.2) is 23.0 Å². The van der Waals surface area contributed by atoms with Gasteiger partial charge in [-0.3, -0.25) is 4.79 Å². The van der Waals surface area contributed by atoms with Gasteiger partial charge in [-0.15, -0.1) is 0 Å². The van der Waals surface area contributed by atoms with Gasteiger partial charge in [0.25, 0.3) is 5.91 Å². The summed E-state index contributed by atoms with van der Waals surface area (Å²) < 4.78 is 53.0. The van der Waals surface area contributed by atoms with Gasteiger partial charge in [0, 0.05) is 12.1 Å². The molecule has 246 valence electrons. The van der Waals surface area contributed by atoms with Crippen molar-refractivity contribution in [1.82, 2.24) is 15.2 Å². The molecule has 0 bridgehead atoms. The number of nitrogens with zero attached hydrogens (tertiary/aromatic N) is 2. The molecule has 13 nitrogen and oxygen atoms in total. The summed E-state index contributed by atoms with van der Waals surface area (Å²) in [5, 5.41) is 11.9. The quantitative estimate of drug-likeness (QED) is 0.239. The zero-order valence-electron chi connectivity index (χ0n) is 25.1. The van der Waals surface area contributed by atoms with Crippen molar-refractivity contribution in [2.24, 2.45) is 11.7 Å². The molecule has 2 amide bonds. The molecule has 2 fully saturated rings. The Labute approximate surface area is 262 Å². The van der Waals surface area contributed by atoms with Gasteiger partial charge in [0.2, 0.25) is 5.89 Å². The Morgan fingerprint density at radius 2 is 1.85 bits per heavy atom. The van der Waals surface area contributed by atoms with Crippen molar-refractivity contribution in [3.8, 4) is 28.7 Å². The van der Waals surface area contributed by atoms with Gasteiger partial charge in [0.05, 0.1) is 37.4 Å². The SMILES string of the molecule is COC(=O)N[C@@H]1C[C@@H](COc2ccc(C(=O)O)cc2)N(C(=O)c2nc(-c3ccc(OC(F)F)c(OCC4CC4)c3)oc2[C@H](C)N)C1. The second-order valence-corrected chi connectivity index (χ2v) is 11.1. The van der Waals surface area contributed by atoms with Crippen LogP contribution in [0.3, 0.4) is 0 Å². The van der Waals surface area contributed by atoms with Crippen molar-refractivity contribution >= 4 is 18.0 Å². The molecule has 2 heterocycles. The number of amides is 2. The Kier molecular flexibility index (Phi) is 9.90. The number of halogens is 2. The third kappa shape index (κ3) is 7.83. The Balaban J connectivity index is 1.40. The van der Waals surface area contributed by atoms with Crippen molar-refractivity contribution in [3.63, 3.8) is 0 Å². The van der Waals surface area contributed by atoms with E-state index in [2.05, 4.69) is 15.0 Å². The average molecular weight is 645 g/mol. The molecule has 2 aliphatic rings. The maximum absolute atomic E-state index is 14.0. The van der Waals surface area contributed by atoms with E-state index in [-0.39, 0.29) is 47.6 Å². The van der Waals surface area contributed by atoms with Gasteiger partial charge in [-0.1, -0.05) is 0 Å². The topological polar surface area (TPSA) is 176 Å². The fourth-order valence-electron chi connectivity index (χ4n) is 5.03. The molecule has 1 aromatic heterocycles. The summed E-state index contributed by atoms with van der Waals surface area (Å²) in [6, 6.07) is 8.30. The summed E-state index contributed by atoms with van der Waals surface area (Å²) in [7, 11) is 1.23. The Hall–Kier alpha value is -4.92. The number of ether oxygens (including phenoxy) is 4. The lowest BCUT2D eigenvalue weighted by molar-refractivity contribution is -0.0515. The minimum Gasteiger partial charge on any atom is -0.491 e. The lowest BCUT2D eigenvalue weighted by Gasteiger charge is -2.24. The first-order valence-electron chi connectivity index (χ1n) is 14.6. The number of alkyl carbamates (subject to hydrolysis) is 1. The Bertz CT molecular complexity index is 1560. The van der Waals surface area contributed by atoms with Gasteiger partial charge >= 0.3 is 18.7 Å². The number of hydrogen-bond acceptors (Lipinski definition) is 10. The summed E-state index contributed by atoms with van der Waals surface area (Å²) in [5.41, 5.74) is 6.56. The number of aromatic carboxylic acids is 1. The van der Waals surface area contributed by atoms with Crippen LogP contribution in [-0.4, -0.2) is 78.5 Å². The van der Waals surface area contributed by atoms with Crippen molar-refractivity contribution in [1.29, 1.82) is 0 Å². The molecule has 3 atom stereocenters. The van der Waals surface area contributed by atoms with Gasteiger partial charge in [-0.05, 0) is 74.6 Å². The van der Waals surface area contributed by atoms with Crippen LogP contribution in [-0.2, 0) is 4.74 Å².